The second-order valence-electron chi connectivity index (χ2n) is 2.83. The summed E-state index contributed by atoms with van der Waals surface area (Å²) in [5, 5.41) is 0. The molecule has 1 aromatic carbocycles. The van der Waals surface area contributed by atoms with Crippen LogP contribution in [0.15, 0.2) is 16.6 Å². The van der Waals surface area contributed by atoms with Crippen LogP contribution in [0.1, 0.15) is 15.9 Å². The highest BCUT2D eigenvalue weighted by molar-refractivity contribution is 9.10. The van der Waals surface area contributed by atoms with E-state index in [9.17, 15) is 9.18 Å². The molecule has 0 amide bonds. The lowest BCUT2D eigenvalue weighted by molar-refractivity contribution is 0.102. The van der Waals surface area contributed by atoms with E-state index in [2.05, 4.69) is 15.9 Å². The zero-order valence-electron chi connectivity index (χ0n) is 6.64. The summed E-state index contributed by atoms with van der Waals surface area (Å²) in [5.41, 5.74) is 1.45. The molecule has 68 valence electrons. The zero-order chi connectivity index (χ0) is 9.42. The minimum Gasteiger partial charge on any atom is -0.293 e. The number of ketones is 1. The van der Waals surface area contributed by atoms with Gasteiger partial charge in [-0.2, -0.15) is 0 Å². The van der Waals surface area contributed by atoms with E-state index in [0.717, 1.165) is 11.3 Å². The Bertz CT molecular complexity index is 378. The summed E-state index contributed by atoms with van der Waals surface area (Å²) in [4.78, 5) is 11.4. The maximum atomic E-state index is 12.9. The van der Waals surface area contributed by atoms with Crippen molar-refractivity contribution in [2.24, 2.45) is 0 Å². The SMILES string of the molecule is O=C1CSCc2c(Br)cc(F)cc21. The van der Waals surface area contributed by atoms with Crippen molar-refractivity contribution < 1.29 is 9.18 Å². The lowest BCUT2D eigenvalue weighted by Gasteiger charge is -2.15. The summed E-state index contributed by atoms with van der Waals surface area (Å²) < 4.78 is 13.6. The van der Waals surface area contributed by atoms with Gasteiger partial charge in [-0.15, -0.1) is 11.8 Å². The number of thioether (sulfide) groups is 1. The van der Waals surface area contributed by atoms with Crippen molar-refractivity contribution >= 4 is 33.5 Å². The minimum atomic E-state index is -0.356. The number of fused-ring (bicyclic) bond motifs is 1. The number of hydrogen-bond acceptors (Lipinski definition) is 2. The van der Waals surface area contributed by atoms with E-state index in [1.54, 1.807) is 11.8 Å². The molecule has 13 heavy (non-hydrogen) atoms. The number of Topliss-reactive ketones (excluding diaryl/α,β-unsaturated/α-hetero) is 1. The van der Waals surface area contributed by atoms with Gasteiger partial charge in [-0.3, -0.25) is 4.79 Å². The average Bonchev–Trinajstić information content (AvgIpc) is 2.07. The second kappa shape index (κ2) is 3.42. The Hall–Kier alpha value is -0.350. The van der Waals surface area contributed by atoms with Gasteiger partial charge >= 0.3 is 0 Å². The summed E-state index contributed by atoms with van der Waals surface area (Å²) in [6.45, 7) is 0. The van der Waals surface area contributed by atoms with Crippen LogP contribution in [0.3, 0.4) is 0 Å². The number of benzene rings is 1. The molecule has 0 radical (unpaired) electrons. The van der Waals surface area contributed by atoms with Crippen LogP contribution in [0.4, 0.5) is 4.39 Å². The second-order valence-corrected chi connectivity index (χ2v) is 4.67. The highest BCUT2D eigenvalue weighted by Crippen LogP contribution is 2.31. The molecule has 1 aliphatic heterocycles. The summed E-state index contributed by atoms with van der Waals surface area (Å²) in [6.07, 6.45) is 0. The van der Waals surface area contributed by atoms with Crippen LogP contribution in [0.5, 0.6) is 0 Å². The quantitative estimate of drug-likeness (QED) is 0.714. The van der Waals surface area contributed by atoms with Crippen LogP contribution >= 0.6 is 27.7 Å². The van der Waals surface area contributed by atoms with E-state index < -0.39 is 0 Å². The first kappa shape index (κ1) is 9.21. The third-order valence-corrected chi connectivity index (χ3v) is 3.61. The minimum absolute atomic E-state index is 0.0199. The molecule has 4 heteroatoms. The molecule has 0 N–H and O–H groups in total. The van der Waals surface area contributed by atoms with Gasteiger partial charge in [0.15, 0.2) is 5.78 Å². The fourth-order valence-electron chi connectivity index (χ4n) is 1.32. The first-order valence-corrected chi connectivity index (χ1v) is 5.72. The number of hydrogen-bond donors (Lipinski definition) is 0. The molecule has 1 nitrogen and oxygen atoms in total. The Kier molecular flexibility index (Phi) is 2.43. The predicted molar refractivity (Wildman–Crippen MR) is 54.6 cm³/mol. The molecule has 0 unspecified atom stereocenters. The average molecular weight is 261 g/mol. The van der Waals surface area contributed by atoms with Gasteiger partial charge in [0.25, 0.3) is 0 Å². The van der Waals surface area contributed by atoms with Gasteiger partial charge in [-0.25, -0.2) is 4.39 Å². The zero-order valence-corrected chi connectivity index (χ0v) is 9.04. The van der Waals surface area contributed by atoms with Crippen molar-refractivity contribution in [1.82, 2.24) is 0 Å². The predicted octanol–water partition coefficient (Wildman–Crippen LogP) is 3.02. The molecule has 0 spiro atoms. The molecule has 2 rings (SSSR count). The summed E-state index contributed by atoms with van der Waals surface area (Å²) in [7, 11) is 0. The van der Waals surface area contributed by atoms with E-state index >= 15 is 0 Å². The van der Waals surface area contributed by atoms with Gasteiger partial charge in [-0.05, 0) is 17.7 Å². The summed E-state index contributed by atoms with van der Waals surface area (Å²) in [6, 6.07) is 2.72. The van der Waals surface area contributed by atoms with Gasteiger partial charge in [0, 0.05) is 15.8 Å². The molecule has 0 aliphatic carbocycles. The Morgan fingerprint density at radius 2 is 2.15 bits per heavy atom. The first-order valence-electron chi connectivity index (χ1n) is 3.77. The molecule has 0 saturated carbocycles. The molecule has 1 aliphatic rings. The highest BCUT2D eigenvalue weighted by Gasteiger charge is 2.20. The molecule has 0 aromatic heterocycles. The largest absolute Gasteiger partial charge is 0.293 e. The number of carbonyl (C=O) groups excluding carboxylic acids is 1. The van der Waals surface area contributed by atoms with Gasteiger partial charge in [0.2, 0.25) is 0 Å². The third kappa shape index (κ3) is 1.65. The number of rotatable bonds is 0. The maximum Gasteiger partial charge on any atom is 0.173 e. The normalized spacial score (nSPS) is 15.7. The van der Waals surface area contributed by atoms with Crippen LogP contribution in [0.25, 0.3) is 0 Å². The topological polar surface area (TPSA) is 17.1 Å². The highest BCUT2D eigenvalue weighted by atomic mass is 79.9. The fraction of sp³-hybridized carbons (Fsp3) is 0.222. The third-order valence-electron chi connectivity index (χ3n) is 1.94. The Morgan fingerprint density at radius 1 is 1.38 bits per heavy atom. The van der Waals surface area contributed by atoms with Crippen LogP contribution in [-0.4, -0.2) is 11.5 Å². The Labute approximate surface area is 87.8 Å². The van der Waals surface area contributed by atoms with Crippen molar-refractivity contribution in [3.63, 3.8) is 0 Å². The molecule has 0 atom stereocenters. The van der Waals surface area contributed by atoms with Crippen molar-refractivity contribution in [3.05, 3.63) is 33.5 Å². The fourth-order valence-corrected chi connectivity index (χ4v) is 3.04. The van der Waals surface area contributed by atoms with E-state index in [-0.39, 0.29) is 11.6 Å². The van der Waals surface area contributed by atoms with Gasteiger partial charge < -0.3 is 0 Å². The van der Waals surface area contributed by atoms with E-state index in [4.69, 9.17) is 0 Å². The molecule has 0 fully saturated rings. The summed E-state index contributed by atoms with van der Waals surface area (Å²) in [5.74, 6) is 0.905. The molecule has 1 aromatic rings. The van der Waals surface area contributed by atoms with E-state index in [1.807, 2.05) is 0 Å². The van der Waals surface area contributed by atoms with Gasteiger partial charge in [-0.1, -0.05) is 15.9 Å². The summed E-state index contributed by atoms with van der Waals surface area (Å²) >= 11 is 4.82. The molecular formula is C9H6BrFOS. The van der Waals surface area contributed by atoms with E-state index in [0.29, 0.717) is 15.8 Å². The maximum absolute atomic E-state index is 12.9. The monoisotopic (exact) mass is 260 g/mol. The van der Waals surface area contributed by atoms with Gasteiger partial charge in [0.1, 0.15) is 5.82 Å². The van der Waals surface area contributed by atoms with Crippen LogP contribution < -0.4 is 0 Å². The standard InChI is InChI=1S/C9H6BrFOS/c10-8-2-5(11)1-6-7(8)3-13-4-9(6)12/h1-2H,3-4H2. The smallest absolute Gasteiger partial charge is 0.173 e. The Morgan fingerprint density at radius 3 is 2.92 bits per heavy atom. The molecule has 1 heterocycles. The van der Waals surface area contributed by atoms with Crippen LogP contribution in [0.2, 0.25) is 0 Å². The van der Waals surface area contributed by atoms with Gasteiger partial charge in [0.05, 0.1) is 5.75 Å². The van der Waals surface area contributed by atoms with Crippen molar-refractivity contribution in [1.29, 1.82) is 0 Å². The lowest BCUT2D eigenvalue weighted by Crippen LogP contribution is -2.12. The van der Waals surface area contributed by atoms with Crippen LogP contribution in [-0.2, 0) is 5.75 Å². The van der Waals surface area contributed by atoms with Crippen molar-refractivity contribution in [3.8, 4) is 0 Å². The number of carbonyl (C=O) groups is 1. The van der Waals surface area contributed by atoms with Crippen molar-refractivity contribution in [2.45, 2.75) is 5.75 Å². The number of halogens is 2. The van der Waals surface area contributed by atoms with Crippen LogP contribution in [0, 0.1) is 5.82 Å². The molecule has 0 bridgehead atoms. The van der Waals surface area contributed by atoms with E-state index in [1.165, 1.54) is 12.1 Å². The van der Waals surface area contributed by atoms with Crippen molar-refractivity contribution in [2.75, 3.05) is 5.75 Å². The molecule has 0 saturated heterocycles. The lowest BCUT2D eigenvalue weighted by atomic mass is 10.1. The Balaban J connectivity index is 2.63. The first-order chi connectivity index (χ1) is 6.18. The molecular weight excluding hydrogens is 255 g/mol.